The summed E-state index contributed by atoms with van der Waals surface area (Å²) < 4.78 is 46.4. The minimum absolute atomic E-state index is 0.110. The highest BCUT2D eigenvalue weighted by Crippen LogP contribution is 2.31. The van der Waals surface area contributed by atoms with Gasteiger partial charge in [-0.3, -0.25) is 9.36 Å². The van der Waals surface area contributed by atoms with Gasteiger partial charge in [0.1, 0.15) is 5.76 Å². The first-order chi connectivity index (χ1) is 17.2. The van der Waals surface area contributed by atoms with Crippen molar-refractivity contribution in [1.29, 1.82) is 0 Å². The zero-order valence-corrected chi connectivity index (χ0v) is 20.5. The SMILES string of the molecule is CC(Sc1nnc(CNc2cccc(C(F)(F)F)c2)n1Cc1ccco1)C(=O)Nc1cccc(Cl)c1. The summed E-state index contributed by atoms with van der Waals surface area (Å²) in [4.78, 5) is 12.7. The largest absolute Gasteiger partial charge is 0.467 e. The first-order valence-corrected chi connectivity index (χ1v) is 12.0. The molecule has 4 rings (SSSR count). The van der Waals surface area contributed by atoms with Crippen LogP contribution in [0, 0.1) is 0 Å². The molecule has 1 amide bonds. The second kappa shape index (κ2) is 11.1. The van der Waals surface area contributed by atoms with Crippen LogP contribution in [0.5, 0.6) is 0 Å². The Morgan fingerprint density at radius 2 is 1.89 bits per heavy atom. The number of carbonyl (C=O) groups excluding carboxylic acids is 1. The highest BCUT2D eigenvalue weighted by atomic mass is 35.5. The first-order valence-electron chi connectivity index (χ1n) is 10.8. The minimum Gasteiger partial charge on any atom is -0.467 e. The Morgan fingerprint density at radius 1 is 1.11 bits per heavy atom. The van der Waals surface area contributed by atoms with Crippen molar-refractivity contribution >= 4 is 40.6 Å². The lowest BCUT2D eigenvalue weighted by Gasteiger charge is -2.14. The molecule has 2 aromatic carbocycles. The van der Waals surface area contributed by atoms with Crippen molar-refractivity contribution < 1.29 is 22.4 Å². The van der Waals surface area contributed by atoms with Gasteiger partial charge in [0.2, 0.25) is 5.91 Å². The molecule has 0 aliphatic rings. The second-order valence-electron chi connectivity index (χ2n) is 7.76. The maximum Gasteiger partial charge on any atom is 0.416 e. The quantitative estimate of drug-likeness (QED) is 0.244. The van der Waals surface area contributed by atoms with Gasteiger partial charge in [0.25, 0.3) is 0 Å². The van der Waals surface area contributed by atoms with Crippen LogP contribution < -0.4 is 10.6 Å². The van der Waals surface area contributed by atoms with Crippen LogP contribution in [0.25, 0.3) is 0 Å². The molecule has 12 heteroatoms. The number of carbonyl (C=O) groups is 1. The number of nitrogens with one attached hydrogen (secondary N) is 2. The van der Waals surface area contributed by atoms with Crippen LogP contribution in [0.4, 0.5) is 24.5 Å². The predicted molar refractivity (Wildman–Crippen MR) is 132 cm³/mol. The van der Waals surface area contributed by atoms with Crippen molar-refractivity contribution in [2.24, 2.45) is 0 Å². The van der Waals surface area contributed by atoms with Crippen molar-refractivity contribution in [3.05, 3.63) is 89.1 Å². The number of thioether (sulfide) groups is 1. The number of aromatic nitrogens is 3. The molecule has 2 aromatic heterocycles. The summed E-state index contributed by atoms with van der Waals surface area (Å²) in [6, 6.07) is 15.3. The number of halogens is 4. The Morgan fingerprint density at radius 3 is 2.61 bits per heavy atom. The number of nitrogens with zero attached hydrogens (tertiary/aromatic N) is 3. The molecular formula is C24H21ClF3N5O2S. The van der Waals surface area contributed by atoms with E-state index < -0.39 is 17.0 Å². The number of benzene rings is 2. The van der Waals surface area contributed by atoms with E-state index in [2.05, 4.69) is 20.8 Å². The highest BCUT2D eigenvalue weighted by molar-refractivity contribution is 8.00. The second-order valence-corrected chi connectivity index (χ2v) is 9.50. The van der Waals surface area contributed by atoms with E-state index >= 15 is 0 Å². The fourth-order valence-electron chi connectivity index (χ4n) is 3.26. The molecule has 4 aromatic rings. The zero-order valence-electron chi connectivity index (χ0n) is 18.9. The third-order valence-corrected chi connectivity index (χ3v) is 6.39. The fourth-order valence-corrected chi connectivity index (χ4v) is 4.32. The van der Waals surface area contributed by atoms with Gasteiger partial charge in [-0.05, 0) is 55.5 Å². The van der Waals surface area contributed by atoms with Crippen LogP contribution in [0.3, 0.4) is 0 Å². The van der Waals surface area contributed by atoms with Gasteiger partial charge >= 0.3 is 6.18 Å². The smallest absolute Gasteiger partial charge is 0.416 e. The Labute approximate surface area is 214 Å². The number of alkyl halides is 3. The Kier molecular flexibility index (Phi) is 7.90. The van der Waals surface area contributed by atoms with E-state index in [9.17, 15) is 18.0 Å². The normalized spacial score (nSPS) is 12.4. The van der Waals surface area contributed by atoms with Crippen LogP contribution in [0.15, 0.2) is 76.5 Å². The van der Waals surface area contributed by atoms with Gasteiger partial charge in [0.05, 0.1) is 30.2 Å². The van der Waals surface area contributed by atoms with E-state index in [-0.39, 0.29) is 19.0 Å². The molecule has 0 radical (unpaired) electrons. The molecule has 0 saturated heterocycles. The van der Waals surface area contributed by atoms with Crippen molar-refractivity contribution in [2.75, 3.05) is 10.6 Å². The van der Waals surface area contributed by atoms with Crippen molar-refractivity contribution in [3.8, 4) is 0 Å². The van der Waals surface area contributed by atoms with E-state index in [1.807, 2.05) is 0 Å². The molecule has 0 saturated carbocycles. The molecule has 0 aliphatic heterocycles. The van der Waals surface area contributed by atoms with Gasteiger partial charge in [-0.25, -0.2) is 0 Å². The molecule has 0 aliphatic carbocycles. The number of hydrogen-bond acceptors (Lipinski definition) is 6. The standard InChI is InChI=1S/C24H21ClF3N5O2S/c1-15(22(34)30-19-8-3-6-17(25)12-19)36-23-32-31-21(33(23)14-20-9-4-10-35-20)13-29-18-7-2-5-16(11-18)24(26,27)28/h2-12,15,29H,13-14H2,1H3,(H,30,34). The number of furan rings is 1. The van der Waals surface area contributed by atoms with E-state index in [1.165, 1.54) is 24.1 Å². The summed E-state index contributed by atoms with van der Waals surface area (Å²) in [6.07, 6.45) is -2.91. The molecule has 0 spiro atoms. The number of amides is 1. The summed E-state index contributed by atoms with van der Waals surface area (Å²) in [5, 5.41) is 14.6. The minimum atomic E-state index is -4.44. The molecule has 1 unspecified atom stereocenters. The molecule has 0 fully saturated rings. The lowest BCUT2D eigenvalue weighted by atomic mass is 10.2. The van der Waals surface area contributed by atoms with E-state index in [4.69, 9.17) is 16.0 Å². The molecule has 2 N–H and O–H groups in total. The molecule has 0 bridgehead atoms. The van der Waals surface area contributed by atoms with Crippen molar-refractivity contribution in [2.45, 2.75) is 36.6 Å². The molecule has 1 atom stereocenters. The third kappa shape index (κ3) is 6.61. The molecule has 188 valence electrons. The molecule has 36 heavy (non-hydrogen) atoms. The van der Waals surface area contributed by atoms with Gasteiger partial charge in [-0.2, -0.15) is 13.2 Å². The maximum absolute atomic E-state index is 13.0. The van der Waals surface area contributed by atoms with Crippen molar-refractivity contribution in [3.63, 3.8) is 0 Å². The van der Waals surface area contributed by atoms with Crippen LogP contribution >= 0.6 is 23.4 Å². The summed E-state index contributed by atoms with van der Waals surface area (Å²) in [5.74, 6) is 0.847. The molecule has 7 nitrogen and oxygen atoms in total. The van der Waals surface area contributed by atoms with Crippen LogP contribution in [0.1, 0.15) is 24.1 Å². The van der Waals surface area contributed by atoms with Gasteiger partial charge in [0, 0.05) is 16.4 Å². The van der Waals surface area contributed by atoms with Crippen molar-refractivity contribution in [1.82, 2.24) is 14.8 Å². The van der Waals surface area contributed by atoms with Crippen LogP contribution in [-0.2, 0) is 24.1 Å². The van der Waals surface area contributed by atoms with E-state index in [0.717, 1.165) is 12.1 Å². The average molecular weight is 536 g/mol. The monoisotopic (exact) mass is 535 g/mol. The Balaban J connectivity index is 1.50. The summed E-state index contributed by atoms with van der Waals surface area (Å²) in [5.41, 5.74) is 0.115. The summed E-state index contributed by atoms with van der Waals surface area (Å²) >= 11 is 7.18. The highest BCUT2D eigenvalue weighted by Gasteiger charge is 2.30. The third-order valence-electron chi connectivity index (χ3n) is 5.07. The fraction of sp³-hybridized carbons (Fsp3) is 0.208. The topological polar surface area (TPSA) is 85.0 Å². The van der Waals surface area contributed by atoms with E-state index in [1.54, 1.807) is 54.0 Å². The predicted octanol–water partition coefficient (Wildman–Crippen LogP) is 6.32. The average Bonchev–Trinajstić information content (AvgIpc) is 3.48. The van der Waals surface area contributed by atoms with Gasteiger partial charge in [-0.1, -0.05) is 35.5 Å². The molecular weight excluding hydrogens is 515 g/mol. The van der Waals surface area contributed by atoms with Gasteiger partial charge in [-0.15, -0.1) is 10.2 Å². The van der Waals surface area contributed by atoms with Gasteiger partial charge < -0.3 is 15.1 Å². The number of rotatable bonds is 9. The lowest BCUT2D eigenvalue weighted by molar-refractivity contribution is -0.137. The Hall–Kier alpha value is -3.44. The summed E-state index contributed by atoms with van der Waals surface area (Å²) in [7, 11) is 0. The lowest BCUT2D eigenvalue weighted by Crippen LogP contribution is -2.23. The molecule has 2 heterocycles. The van der Waals surface area contributed by atoms with E-state index in [0.29, 0.717) is 33.1 Å². The zero-order chi connectivity index (χ0) is 25.7. The Bertz CT molecular complexity index is 1330. The van der Waals surface area contributed by atoms with Crippen LogP contribution in [0.2, 0.25) is 5.02 Å². The van der Waals surface area contributed by atoms with Gasteiger partial charge in [0.15, 0.2) is 11.0 Å². The number of hydrogen-bond donors (Lipinski definition) is 2. The maximum atomic E-state index is 13.0. The first kappa shape index (κ1) is 25.6. The summed E-state index contributed by atoms with van der Waals surface area (Å²) in [6.45, 7) is 2.13. The number of anilines is 2. The van der Waals surface area contributed by atoms with Crippen LogP contribution in [-0.4, -0.2) is 25.9 Å².